The van der Waals surface area contributed by atoms with E-state index in [4.69, 9.17) is 5.73 Å². The molecule has 0 bridgehead atoms. The minimum Gasteiger partial charge on any atom is -0.325 e. The maximum atomic E-state index is 5.58. The van der Waals surface area contributed by atoms with Crippen LogP contribution in [0, 0.1) is 6.92 Å². The molecule has 0 amide bonds. The Balaban J connectivity index is 2.28. The second-order valence-corrected chi connectivity index (χ2v) is 2.11. The summed E-state index contributed by atoms with van der Waals surface area (Å²) in [6, 6.07) is 0. The van der Waals surface area contributed by atoms with Crippen LogP contribution in [0.4, 0.5) is 0 Å². The van der Waals surface area contributed by atoms with Crippen molar-refractivity contribution in [1.29, 1.82) is 0 Å². The van der Waals surface area contributed by atoms with E-state index in [1.165, 1.54) is 12.8 Å². The quantitative estimate of drug-likeness (QED) is 0.497. The van der Waals surface area contributed by atoms with Gasteiger partial charge in [-0.3, -0.25) is 0 Å². The molecule has 0 unspecified atom stereocenters. The zero-order valence-corrected chi connectivity index (χ0v) is 3.91. The largest absolute Gasteiger partial charge is 0.325 e. The first-order valence-corrected chi connectivity index (χ1v) is 2.35. The monoisotopic (exact) mass is 84.1 g/mol. The molecule has 1 fully saturated rings. The van der Waals surface area contributed by atoms with Crippen molar-refractivity contribution < 1.29 is 0 Å². The van der Waals surface area contributed by atoms with Crippen LogP contribution in [-0.4, -0.2) is 5.54 Å². The van der Waals surface area contributed by atoms with Crippen LogP contribution in [0.5, 0.6) is 0 Å². The van der Waals surface area contributed by atoms with Gasteiger partial charge in [0.05, 0.1) is 0 Å². The first kappa shape index (κ1) is 4.13. The Labute approximate surface area is 38.5 Å². The van der Waals surface area contributed by atoms with Gasteiger partial charge < -0.3 is 5.73 Å². The summed E-state index contributed by atoms with van der Waals surface area (Å²) in [7, 11) is 0. The molecule has 1 radical (unpaired) electrons. The van der Waals surface area contributed by atoms with Crippen molar-refractivity contribution in [2.24, 2.45) is 5.73 Å². The Morgan fingerprint density at radius 3 is 2.17 bits per heavy atom. The molecule has 1 saturated carbocycles. The average Bonchev–Trinajstić information content (AvgIpc) is 2.22. The van der Waals surface area contributed by atoms with Gasteiger partial charge in [-0.05, 0) is 19.3 Å². The van der Waals surface area contributed by atoms with Crippen LogP contribution in [0.15, 0.2) is 0 Å². The van der Waals surface area contributed by atoms with Crippen molar-refractivity contribution in [1.82, 2.24) is 0 Å². The lowest BCUT2D eigenvalue weighted by Gasteiger charge is -1.97. The van der Waals surface area contributed by atoms with Gasteiger partial charge in [-0.15, -0.1) is 0 Å². The van der Waals surface area contributed by atoms with E-state index in [1.807, 2.05) is 0 Å². The smallest absolute Gasteiger partial charge is 0.0155 e. The standard InChI is InChI=1S/C5H10N/c1-2-5(6)3-4-5/h1-4,6H2. The second-order valence-electron chi connectivity index (χ2n) is 2.11. The Morgan fingerprint density at radius 1 is 1.67 bits per heavy atom. The highest BCUT2D eigenvalue weighted by molar-refractivity contribution is 4.98. The number of rotatable bonds is 1. The molecule has 2 N–H and O–H groups in total. The van der Waals surface area contributed by atoms with Crippen molar-refractivity contribution in [3.63, 3.8) is 0 Å². The van der Waals surface area contributed by atoms with Crippen LogP contribution < -0.4 is 5.73 Å². The Kier molecular flexibility index (Phi) is 0.667. The zero-order valence-electron chi connectivity index (χ0n) is 3.91. The van der Waals surface area contributed by atoms with Crippen LogP contribution in [0.1, 0.15) is 19.3 Å². The van der Waals surface area contributed by atoms with Gasteiger partial charge in [0, 0.05) is 5.54 Å². The van der Waals surface area contributed by atoms with Gasteiger partial charge in [-0.25, -0.2) is 0 Å². The molecule has 0 aromatic heterocycles. The summed E-state index contributed by atoms with van der Waals surface area (Å²) < 4.78 is 0. The van der Waals surface area contributed by atoms with Crippen molar-refractivity contribution in [2.45, 2.75) is 24.8 Å². The topological polar surface area (TPSA) is 26.0 Å². The summed E-state index contributed by atoms with van der Waals surface area (Å²) >= 11 is 0. The summed E-state index contributed by atoms with van der Waals surface area (Å²) in [6.07, 6.45) is 3.29. The number of hydrogen-bond donors (Lipinski definition) is 1. The molecule has 1 rings (SSSR count). The van der Waals surface area contributed by atoms with E-state index < -0.39 is 0 Å². The van der Waals surface area contributed by atoms with E-state index in [1.54, 1.807) is 0 Å². The van der Waals surface area contributed by atoms with Gasteiger partial charge in [0.15, 0.2) is 0 Å². The lowest BCUT2D eigenvalue weighted by atomic mass is 10.2. The third-order valence-corrected chi connectivity index (χ3v) is 1.39. The summed E-state index contributed by atoms with van der Waals surface area (Å²) in [5, 5.41) is 0. The summed E-state index contributed by atoms with van der Waals surface area (Å²) in [6.45, 7) is 3.69. The fourth-order valence-corrected chi connectivity index (χ4v) is 0.411. The summed E-state index contributed by atoms with van der Waals surface area (Å²) in [4.78, 5) is 0. The van der Waals surface area contributed by atoms with Crippen LogP contribution in [0.25, 0.3) is 0 Å². The van der Waals surface area contributed by atoms with E-state index in [0.717, 1.165) is 6.42 Å². The third kappa shape index (κ3) is 0.548. The molecular weight excluding hydrogens is 74.1 g/mol. The molecule has 1 aliphatic carbocycles. The highest BCUT2D eigenvalue weighted by Gasteiger charge is 2.35. The molecule has 0 aromatic rings. The molecule has 35 valence electrons. The molecule has 0 spiro atoms. The minimum absolute atomic E-state index is 0.181. The number of nitrogens with two attached hydrogens (primary N) is 1. The van der Waals surface area contributed by atoms with Crippen molar-refractivity contribution in [3.8, 4) is 0 Å². The zero-order chi connectivity index (χ0) is 4.62. The molecule has 1 nitrogen and oxygen atoms in total. The maximum absolute atomic E-state index is 5.58. The molecule has 1 heteroatoms. The molecule has 0 aliphatic heterocycles. The predicted molar refractivity (Wildman–Crippen MR) is 26.1 cm³/mol. The van der Waals surface area contributed by atoms with Gasteiger partial charge in [0.2, 0.25) is 0 Å². The second kappa shape index (κ2) is 0.969. The Hall–Kier alpha value is -0.0400. The van der Waals surface area contributed by atoms with Crippen molar-refractivity contribution in [2.75, 3.05) is 0 Å². The highest BCUT2D eigenvalue weighted by Crippen LogP contribution is 2.34. The molecular formula is C5H10N. The van der Waals surface area contributed by atoms with Gasteiger partial charge in [-0.1, -0.05) is 6.92 Å². The van der Waals surface area contributed by atoms with Gasteiger partial charge >= 0.3 is 0 Å². The Morgan fingerprint density at radius 2 is 2.17 bits per heavy atom. The fraction of sp³-hybridized carbons (Fsp3) is 0.800. The van der Waals surface area contributed by atoms with E-state index in [9.17, 15) is 0 Å². The van der Waals surface area contributed by atoms with Crippen LogP contribution in [-0.2, 0) is 0 Å². The van der Waals surface area contributed by atoms with Gasteiger partial charge in [0.1, 0.15) is 0 Å². The third-order valence-electron chi connectivity index (χ3n) is 1.39. The Bertz CT molecular complexity index is 55.0. The summed E-state index contributed by atoms with van der Waals surface area (Å²) in [5.74, 6) is 0. The van der Waals surface area contributed by atoms with Crippen LogP contribution in [0.3, 0.4) is 0 Å². The first-order valence-electron chi connectivity index (χ1n) is 2.35. The molecule has 1 aliphatic rings. The van der Waals surface area contributed by atoms with Crippen molar-refractivity contribution >= 4 is 0 Å². The SMILES string of the molecule is [CH2]CC1(N)CC1. The van der Waals surface area contributed by atoms with Crippen LogP contribution in [0.2, 0.25) is 0 Å². The van der Waals surface area contributed by atoms with E-state index in [2.05, 4.69) is 6.92 Å². The first-order chi connectivity index (χ1) is 2.77. The molecule has 0 saturated heterocycles. The predicted octanol–water partition coefficient (Wildman–Crippen LogP) is 0.702. The fourth-order valence-electron chi connectivity index (χ4n) is 0.411. The molecule has 0 heterocycles. The normalized spacial score (nSPS) is 27.0. The minimum atomic E-state index is 0.181. The van der Waals surface area contributed by atoms with E-state index >= 15 is 0 Å². The maximum Gasteiger partial charge on any atom is 0.0155 e. The van der Waals surface area contributed by atoms with Gasteiger partial charge in [0.25, 0.3) is 0 Å². The van der Waals surface area contributed by atoms with E-state index in [-0.39, 0.29) is 5.54 Å². The van der Waals surface area contributed by atoms with Gasteiger partial charge in [-0.2, -0.15) is 0 Å². The molecule has 0 atom stereocenters. The molecule has 0 aromatic carbocycles. The lowest BCUT2D eigenvalue weighted by Crippen LogP contribution is -2.19. The van der Waals surface area contributed by atoms with E-state index in [0.29, 0.717) is 0 Å². The molecule has 6 heavy (non-hydrogen) atoms. The average molecular weight is 84.1 g/mol. The van der Waals surface area contributed by atoms with Crippen LogP contribution >= 0.6 is 0 Å². The highest BCUT2D eigenvalue weighted by atomic mass is 14.8. The number of hydrogen-bond acceptors (Lipinski definition) is 1. The summed E-state index contributed by atoms with van der Waals surface area (Å²) in [5.41, 5.74) is 5.76. The van der Waals surface area contributed by atoms with Crippen molar-refractivity contribution in [3.05, 3.63) is 6.92 Å². The lowest BCUT2D eigenvalue weighted by molar-refractivity contribution is 0.687.